The first-order valence-corrected chi connectivity index (χ1v) is 6.05. The molecule has 2 aromatic carbocycles. The van der Waals surface area contributed by atoms with Gasteiger partial charge in [0.05, 0.1) is 0 Å². The lowest BCUT2D eigenvalue weighted by atomic mass is 10.1. The van der Waals surface area contributed by atoms with Gasteiger partial charge in [-0.2, -0.15) is 0 Å². The number of halogens is 2. The summed E-state index contributed by atoms with van der Waals surface area (Å²) >= 11 is 0. The lowest BCUT2D eigenvalue weighted by molar-refractivity contribution is 0.303. The molecule has 2 N–H and O–H groups in total. The SMILES string of the molecule is NCCc1ccc(COc2ccc(F)c(F)c2)cc1. The fourth-order valence-electron chi connectivity index (χ4n) is 1.70. The van der Waals surface area contributed by atoms with Crippen LogP contribution in [0.3, 0.4) is 0 Å². The lowest BCUT2D eigenvalue weighted by Gasteiger charge is -2.07. The molecule has 0 bridgehead atoms. The van der Waals surface area contributed by atoms with E-state index < -0.39 is 11.6 Å². The third-order valence-electron chi connectivity index (χ3n) is 2.75. The predicted octanol–water partition coefficient (Wildman–Crippen LogP) is 3.05. The van der Waals surface area contributed by atoms with Crippen LogP contribution in [0.15, 0.2) is 42.5 Å². The second-order valence-electron chi connectivity index (χ2n) is 4.22. The molecule has 0 aromatic heterocycles. The van der Waals surface area contributed by atoms with Gasteiger partial charge in [0, 0.05) is 6.07 Å². The topological polar surface area (TPSA) is 35.2 Å². The van der Waals surface area contributed by atoms with E-state index >= 15 is 0 Å². The predicted molar refractivity (Wildman–Crippen MR) is 69.9 cm³/mol. The molecule has 2 rings (SSSR count). The Morgan fingerprint density at radius 3 is 2.21 bits per heavy atom. The fraction of sp³-hybridized carbons (Fsp3) is 0.200. The van der Waals surface area contributed by atoms with Crippen molar-refractivity contribution in [2.75, 3.05) is 6.54 Å². The summed E-state index contributed by atoms with van der Waals surface area (Å²) in [5, 5.41) is 0. The van der Waals surface area contributed by atoms with Gasteiger partial charge >= 0.3 is 0 Å². The van der Waals surface area contributed by atoms with Crippen LogP contribution in [0.2, 0.25) is 0 Å². The van der Waals surface area contributed by atoms with Gasteiger partial charge in [0.2, 0.25) is 0 Å². The van der Waals surface area contributed by atoms with Gasteiger partial charge < -0.3 is 10.5 Å². The maximum absolute atomic E-state index is 13.0. The monoisotopic (exact) mass is 263 g/mol. The Hall–Kier alpha value is -1.94. The van der Waals surface area contributed by atoms with Crippen molar-refractivity contribution in [3.05, 3.63) is 65.2 Å². The number of hydrogen-bond acceptors (Lipinski definition) is 2. The van der Waals surface area contributed by atoms with Gasteiger partial charge in [0.25, 0.3) is 0 Å². The molecule has 4 heteroatoms. The van der Waals surface area contributed by atoms with Gasteiger partial charge in [-0.05, 0) is 36.2 Å². The Balaban J connectivity index is 1.96. The summed E-state index contributed by atoms with van der Waals surface area (Å²) in [5.74, 6) is -1.47. The molecule has 100 valence electrons. The van der Waals surface area contributed by atoms with Crippen molar-refractivity contribution in [3.8, 4) is 5.75 Å². The van der Waals surface area contributed by atoms with Crippen molar-refractivity contribution in [1.29, 1.82) is 0 Å². The smallest absolute Gasteiger partial charge is 0.162 e. The molecule has 0 aliphatic carbocycles. The van der Waals surface area contributed by atoms with Gasteiger partial charge in [-0.25, -0.2) is 8.78 Å². The molecule has 0 radical (unpaired) electrons. The zero-order valence-corrected chi connectivity index (χ0v) is 10.4. The van der Waals surface area contributed by atoms with Gasteiger partial charge in [-0.3, -0.25) is 0 Å². The number of ether oxygens (including phenoxy) is 1. The number of benzene rings is 2. The molecular weight excluding hydrogens is 248 g/mol. The Kier molecular flexibility index (Phi) is 4.47. The highest BCUT2D eigenvalue weighted by Crippen LogP contribution is 2.17. The van der Waals surface area contributed by atoms with Crippen LogP contribution in [0.5, 0.6) is 5.75 Å². The molecule has 0 saturated carbocycles. The van der Waals surface area contributed by atoms with Crippen LogP contribution < -0.4 is 10.5 Å². The largest absolute Gasteiger partial charge is 0.489 e. The first kappa shape index (κ1) is 13.5. The van der Waals surface area contributed by atoms with Gasteiger partial charge in [0.1, 0.15) is 12.4 Å². The Morgan fingerprint density at radius 1 is 0.895 bits per heavy atom. The van der Waals surface area contributed by atoms with Crippen molar-refractivity contribution in [2.45, 2.75) is 13.0 Å². The molecule has 0 saturated heterocycles. The molecule has 0 unspecified atom stereocenters. The van der Waals surface area contributed by atoms with E-state index in [2.05, 4.69) is 0 Å². The van der Waals surface area contributed by atoms with Crippen molar-refractivity contribution in [1.82, 2.24) is 0 Å². The minimum atomic E-state index is -0.907. The Bertz CT molecular complexity index is 540. The quantitative estimate of drug-likeness (QED) is 0.899. The second kappa shape index (κ2) is 6.29. The molecule has 0 atom stereocenters. The minimum Gasteiger partial charge on any atom is -0.489 e. The molecule has 0 spiro atoms. The molecule has 0 aliphatic heterocycles. The van der Waals surface area contributed by atoms with Crippen LogP contribution in [0.1, 0.15) is 11.1 Å². The molecule has 0 fully saturated rings. The third-order valence-corrected chi connectivity index (χ3v) is 2.75. The van der Waals surface area contributed by atoms with Crippen LogP contribution in [0, 0.1) is 11.6 Å². The van der Waals surface area contributed by atoms with E-state index in [9.17, 15) is 8.78 Å². The summed E-state index contributed by atoms with van der Waals surface area (Å²) in [7, 11) is 0. The fourth-order valence-corrected chi connectivity index (χ4v) is 1.70. The number of hydrogen-bond donors (Lipinski definition) is 1. The van der Waals surface area contributed by atoms with Crippen molar-refractivity contribution in [2.24, 2.45) is 5.73 Å². The molecule has 19 heavy (non-hydrogen) atoms. The zero-order chi connectivity index (χ0) is 13.7. The summed E-state index contributed by atoms with van der Waals surface area (Å²) < 4.78 is 31.1. The third kappa shape index (κ3) is 3.76. The highest BCUT2D eigenvalue weighted by atomic mass is 19.2. The van der Waals surface area contributed by atoms with Crippen molar-refractivity contribution in [3.63, 3.8) is 0 Å². The van der Waals surface area contributed by atoms with E-state index in [1.165, 1.54) is 11.6 Å². The Morgan fingerprint density at radius 2 is 1.58 bits per heavy atom. The highest BCUT2D eigenvalue weighted by Gasteiger charge is 2.03. The highest BCUT2D eigenvalue weighted by molar-refractivity contribution is 5.26. The van der Waals surface area contributed by atoms with Gasteiger partial charge in [-0.1, -0.05) is 24.3 Å². The van der Waals surface area contributed by atoms with Crippen LogP contribution in [-0.4, -0.2) is 6.54 Å². The summed E-state index contributed by atoms with van der Waals surface area (Å²) in [6, 6.07) is 11.3. The van der Waals surface area contributed by atoms with Crippen molar-refractivity contribution < 1.29 is 13.5 Å². The first-order chi connectivity index (χ1) is 9.19. The Labute approximate surface area is 110 Å². The van der Waals surface area contributed by atoms with Crippen molar-refractivity contribution >= 4 is 0 Å². The second-order valence-corrected chi connectivity index (χ2v) is 4.22. The molecular formula is C15H15F2NO. The average molecular weight is 263 g/mol. The standard InChI is InChI=1S/C15H15F2NO/c16-14-6-5-13(9-15(14)17)19-10-12-3-1-11(2-4-12)7-8-18/h1-6,9H,7-8,10,18H2. The first-order valence-electron chi connectivity index (χ1n) is 6.05. The maximum Gasteiger partial charge on any atom is 0.162 e. The summed E-state index contributed by atoms with van der Waals surface area (Å²) in [4.78, 5) is 0. The van der Waals surface area contributed by atoms with Gasteiger partial charge in [0.15, 0.2) is 11.6 Å². The van der Waals surface area contributed by atoms with E-state index in [0.29, 0.717) is 18.9 Å². The van der Waals surface area contributed by atoms with Crippen LogP contribution in [-0.2, 0) is 13.0 Å². The normalized spacial score (nSPS) is 10.5. The molecule has 2 nitrogen and oxygen atoms in total. The lowest BCUT2D eigenvalue weighted by Crippen LogP contribution is -2.03. The summed E-state index contributed by atoms with van der Waals surface area (Å²) in [6.45, 7) is 0.929. The molecule has 0 aliphatic rings. The van der Waals surface area contributed by atoms with E-state index in [-0.39, 0.29) is 0 Å². The van der Waals surface area contributed by atoms with Crippen LogP contribution >= 0.6 is 0 Å². The van der Waals surface area contributed by atoms with Gasteiger partial charge in [-0.15, -0.1) is 0 Å². The van der Waals surface area contributed by atoms with Crippen LogP contribution in [0.4, 0.5) is 8.78 Å². The molecule has 2 aromatic rings. The number of nitrogens with two attached hydrogens (primary N) is 1. The average Bonchev–Trinajstić information content (AvgIpc) is 2.42. The number of rotatable bonds is 5. The maximum atomic E-state index is 13.0. The van der Waals surface area contributed by atoms with E-state index in [4.69, 9.17) is 10.5 Å². The van der Waals surface area contributed by atoms with E-state index in [0.717, 1.165) is 24.1 Å². The molecule has 0 amide bonds. The molecule has 0 heterocycles. The van der Waals surface area contributed by atoms with Crippen LogP contribution in [0.25, 0.3) is 0 Å². The summed E-state index contributed by atoms with van der Waals surface area (Å²) in [5.41, 5.74) is 7.60. The minimum absolute atomic E-state index is 0.310. The van der Waals surface area contributed by atoms with E-state index in [1.807, 2.05) is 24.3 Å². The van der Waals surface area contributed by atoms with E-state index in [1.54, 1.807) is 0 Å². The zero-order valence-electron chi connectivity index (χ0n) is 10.4. The summed E-state index contributed by atoms with van der Waals surface area (Å²) in [6.07, 6.45) is 0.838.